The monoisotopic (exact) mass is 477 g/mol. The van der Waals surface area contributed by atoms with E-state index in [1.165, 1.54) is 18.4 Å². The first-order chi connectivity index (χ1) is 16.5. The highest BCUT2D eigenvalue weighted by Gasteiger charge is 2.20. The molecule has 1 heterocycles. The Balaban J connectivity index is 1.46. The number of hydrogen-bond acceptors (Lipinski definition) is 4. The van der Waals surface area contributed by atoms with E-state index >= 15 is 0 Å². The molecule has 7 heteroatoms. The number of aromatic nitrogens is 1. The molecule has 0 saturated carbocycles. The van der Waals surface area contributed by atoms with E-state index in [1.54, 1.807) is 12.1 Å². The normalized spacial score (nSPS) is 12.0. The highest BCUT2D eigenvalue weighted by molar-refractivity contribution is 6.30. The van der Waals surface area contributed by atoms with Gasteiger partial charge in [-0.2, -0.15) is 0 Å². The van der Waals surface area contributed by atoms with E-state index in [9.17, 15) is 9.18 Å². The summed E-state index contributed by atoms with van der Waals surface area (Å²) in [6, 6.07) is 24.0. The maximum atomic E-state index is 13.1. The third kappa shape index (κ3) is 6.31. The number of carbonyl (C=O) groups is 1. The van der Waals surface area contributed by atoms with Crippen molar-refractivity contribution in [1.82, 2.24) is 15.2 Å². The molecule has 0 saturated heterocycles. The van der Waals surface area contributed by atoms with E-state index in [-0.39, 0.29) is 30.0 Å². The van der Waals surface area contributed by atoms with Crippen LogP contribution >= 0.6 is 11.6 Å². The Bertz CT molecular complexity index is 1230. The number of carbonyl (C=O) groups excluding carboxylic acids is 1. The SMILES string of the molecule is CC(c1ccccc1)N(Cc1cccc(Cl)c1)Cc1nc(C(=O)NCc2ccc(F)cc2)co1. The third-order valence-electron chi connectivity index (χ3n) is 5.59. The van der Waals surface area contributed by atoms with Crippen molar-refractivity contribution in [3.05, 3.63) is 124 Å². The Kier molecular flexibility index (Phi) is 7.72. The molecular formula is C27H25ClFN3O2. The van der Waals surface area contributed by atoms with Crippen LogP contribution in [0.3, 0.4) is 0 Å². The van der Waals surface area contributed by atoms with Gasteiger partial charge in [0.25, 0.3) is 5.91 Å². The van der Waals surface area contributed by atoms with Crippen LogP contribution in [0, 0.1) is 5.82 Å². The van der Waals surface area contributed by atoms with Gasteiger partial charge in [0.1, 0.15) is 12.1 Å². The summed E-state index contributed by atoms with van der Waals surface area (Å²) in [5, 5.41) is 3.47. The maximum absolute atomic E-state index is 13.1. The van der Waals surface area contributed by atoms with Gasteiger partial charge in [0, 0.05) is 24.2 Å². The van der Waals surface area contributed by atoms with Gasteiger partial charge in [-0.1, -0.05) is 66.2 Å². The van der Waals surface area contributed by atoms with E-state index in [4.69, 9.17) is 16.0 Å². The number of halogens is 2. The van der Waals surface area contributed by atoms with Crippen LogP contribution in [0.2, 0.25) is 5.02 Å². The molecule has 0 bridgehead atoms. The molecule has 1 atom stereocenters. The molecule has 1 aromatic heterocycles. The van der Waals surface area contributed by atoms with Crippen LogP contribution < -0.4 is 5.32 Å². The number of oxazole rings is 1. The van der Waals surface area contributed by atoms with Gasteiger partial charge in [0.05, 0.1) is 6.54 Å². The predicted octanol–water partition coefficient (Wildman–Crippen LogP) is 6.16. The molecule has 0 radical (unpaired) electrons. The van der Waals surface area contributed by atoms with Crippen LogP contribution in [0.5, 0.6) is 0 Å². The van der Waals surface area contributed by atoms with Crippen LogP contribution in [0.4, 0.5) is 4.39 Å². The van der Waals surface area contributed by atoms with Crippen molar-refractivity contribution in [3.63, 3.8) is 0 Å². The van der Waals surface area contributed by atoms with Crippen molar-refractivity contribution in [3.8, 4) is 0 Å². The predicted molar refractivity (Wildman–Crippen MR) is 130 cm³/mol. The molecule has 0 aliphatic heterocycles. The van der Waals surface area contributed by atoms with Gasteiger partial charge in [0.2, 0.25) is 5.89 Å². The van der Waals surface area contributed by atoms with Crippen LogP contribution in [-0.2, 0) is 19.6 Å². The number of nitrogens with zero attached hydrogens (tertiary/aromatic N) is 2. The Labute approximate surface area is 203 Å². The standard InChI is InChI=1S/C27H25ClFN3O2/c1-19(22-7-3-2-4-8-22)32(16-21-6-5-9-23(28)14-21)17-26-31-25(18-34-26)27(33)30-15-20-10-12-24(29)13-11-20/h2-14,18-19H,15-17H2,1H3,(H,30,33). The van der Waals surface area contributed by atoms with E-state index in [2.05, 4.69) is 34.3 Å². The molecule has 1 N–H and O–H groups in total. The smallest absolute Gasteiger partial charge is 0.273 e. The number of benzene rings is 3. The van der Waals surface area contributed by atoms with Crippen molar-refractivity contribution >= 4 is 17.5 Å². The summed E-state index contributed by atoms with van der Waals surface area (Å²) in [6.07, 6.45) is 1.36. The fourth-order valence-electron chi connectivity index (χ4n) is 3.68. The Morgan fingerprint density at radius 3 is 2.53 bits per heavy atom. The Morgan fingerprint density at radius 2 is 1.79 bits per heavy atom. The lowest BCUT2D eigenvalue weighted by Gasteiger charge is -2.28. The molecular weight excluding hydrogens is 453 g/mol. The molecule has 4 rings (SSSR count). The molecule has 5 nitrogen and oxygen atoms in total. The first kappa shape index (κ1) is 23.7. The molecule has 0 spiro atoms. The first-order valence-corrected chi connectivity index (χ1v) is 11.4. The zero-order valence-electron chi connectivity index (χ0n) is 18.7. The lowest BCUT2D eigenvalue weighted by molar-refractivity contribution is 0.0945. The van der Waals surface area contributed by atoms with Crippen LogP contribution in [0.1, 0.15) is 46.0 Å². The summed E-state index contributed by atoms with van der Waals surface area (Å²) in [5.74, 6) is -0.225. The lowest BCUT2D eigenvalue weighted by Crippen LogP contribution is -2.27. The molecule has 1 unspecified atom stereocenters. The molecule has 0 aliphatic carbocycles. The first-order valence-electron chi connectivity index (χ1n) is 11.0. The molecule has 3 aromatic carbocycles. The van der Waals surface area contributed by atoms with E-state index in [0.717, 1.165) is 16.7 Å². The van der Waals surface area contributed by atoms with Gasteiger partial charge < -0.3 is 9.73 Å². The summed E-state index contributed by atoms with van der Waals surface area (Å²) < 4.78 is 18.7. The molecule has 34 heavy (non-hydrogen) atoms. The minimum atomic E-state index is -0.350. The van der Waals surface area contributed by atoms with Gasteiger partial charge in [-0.15, -0.1) is 0 Å². The maximum Gasteiger partial charge on any atom is 0.273 e. The largest absolute Gasteiger partial charge is 0.447 e. The van der Waals surface area contributed by atoms with Crippen molar-refractivity contribution in [1.29, 1.82) is 0 Å². The van der Waals surface area contributed by atoms with Gasteiger partial charge >= 0.3 is 0 Å². The van der Waals surface area contributed by atoms with Gasteiger partial charge in [-0.25, -0.2) is 9.37 Å². The van der Waals surface area contributed by atoms with Gasteiger partial charge in [-0.05, 0) is 47.9 Å². The van der Waals surface area contributed by atoms with Crippen molar-refractivity contribution < 1.29 is 13.6 Å². The van der Waals surface area contributed by atoms with Crippen molar-refractivity contribution in [2.45, 2.75) is 32.6 Å². The molecule has 0 aliphatic rings. The number of amides is 1. The minimum absolute atomic E-state index is 0.0721. The quantitative estimate of drug-likeness (QED) is 0.313. The number of nitrogens with one attached hydrogen (secondary N) is 1. The fraction of sp³-hybridized carbons (Fsp3) is 0.185. The molecule has 0 fully saturated rings. The molecule has 174 valence electrons. The summed E-state index contributed by atoms with van der Waals surface area (Å²) in [6.45, 7) is 3.44. The number of hydrogen-bond donors (Lipinski definition) is 1. The average Bonchev–Trinajstić information content (AvgIpc) is 3.32. The van der Waals surface area contributed by atoms with Crippen molar-refractivity contribution in [2.24, 2.45) is 0 Å². The topological polar surface area (TPSA) is 58.4 Å². The molecule has 1 amide bonds. The zero-order chi connectivity index (χ0) is 23.9. The summed E-state index contributed by atoms with van der Waals surface area (Å²) in [5.41, 5.74) is 3.22. The van der Waals surface area contributed by atoms with Crippen LogP contribution in [0.25, 0.3) is 0 Å². The van der Waals surface area contributed by atoms with Crippen LogP contribution in [0.15, 0.2) is 89.5 Å². The van der Waals surface area contributed by atoms with E-state index < -0.39 is 0 Å². The average molecular weight is 478 g/mol. The highest BCUT2D eigenvalue weighted by atomic mass is 35.5. The van der Waals surface area contributed by atoms with Crippen LogP contribution in [-0.4, -0.2) is 15.8 Å². The highest BCUT2D eigenvalue weighted by Crippen LogP contribution is 2.25. The lowest BCUT2D eigenvalue weighted by atomic mass is 10.1. The van der Waals surface area contributed by atoms with E-state index in [0.29, 0.717) is 24.0 Å². The Morgan fingerprint density at radius 1 is 1.03 bits per heavy atom. The van der Waals surface area contributed by atoms with E-state index in [1.807, 2.05) is 42.5 Å². The second kappa shape index (κ2) is 11.1. The molecule has 4 aromatic rings. The third-order valence-corrected chi connectivity index (χ3v) is 5.83. The second-order valence-corrected chi connectivity index (χ2v) is 8.49. The summed E-state index contributed by atoms with van der Waals surface area (Å²) in [4.78, 5) is 19.2. The summed E-state index contributed by atoms with van der Waals surface area (Å²) in [7, 11) is 0. The minimum Gasteiger partial charge on any atom is -0.447 e. The fourth-order valence-corrected chi connectivity index (χ4v) is 3.89. The van der Waals surface area contributed by atoms with Gasteiger partial charge in [0.15, 0.2) is 5.69 Å². The van der Waals surface area contributed by atoms with Crippen molar-refractivity contribution in [2.75, 3.05) is 0 Å². The number of rotatable bonds is 9. The zero-order valence-corrected chi connectivity index (χ0v) is 19.5. The summed E-state index contributed by atoms with van der Waals surface area (Å²) >= 11 is 6.19. The Hall–Kier alpha value is -3.48. The van der Waals surface area contributed by atoms with Gasteiger partial charge in [-0.3, -0.25) is 9.69 Å². The second-order valence-electron chi connectivity index (χ2n) is 8.06.